The Morgan fingerprint density at radius 3 is 2.13 bits per heavy atom. The van der Waals surface area contributed by atoms with Crippen molar-refractivity contribution in [3.05, 3.63) is 53.1 Å². The fraction of sp³-hybridized carbons (Fsp3) is 0.300. The van der Waals surface area contributed by atoms with Crippen LogP contribution in [-0.2, 0) is 6.42 Å². The quantitative estimate of drug-likeness (QED) is 0.700. The van der Waals surface area contributed by atoms with Gasteiger partial charge in [0.25, 0.3) is 0 Å². The number of phenols is 3. The average molecular weight is 312 g/mol. The van der Waals surface area contributed by atoms with E-state index < -0.39 is 0 Å². The van der Waals surface area contributed by atoms with Crippen molar-refractivity contribution in [2.45, 2.75) is 33.6 Å². The first-order valence-corrected chi connectivity index (χ1v) is 7.76. The van der Waals surface area contributed by atoms with E-state index >= 15 is 0 Å². The lowest BCUT2D eigenvalue weighted by molar-refractivity contribution is 0.373. The van der Waals surface area contributed by atoms with Crippen LogP contribution in [-0.4, -0.2) is 15.3 Å². The van der Waals surface area contributed by atoms with Gasteiger partial charge in [-0.25, -0.2) is 0 Å². The van der Waals surface area contributed by atoms with Gasteiger partial charge in [0, 0.05) is 11.6 Å². The molecule has 0 saturated carbocycles. The van der Waals surface area contributed by atoms with Crippen molar-refractivity contribution >= 4 is 12.2 Å². The second-order valence-corrected chi connectivity index (χ2v) is 7.02. The van der Waals surface area contributed by atoms with Gasteiger partial charge in [0.15, 0.2) is 0 Å². The normalized spacial score (nSPS) is 12.0. The topological polar surface area (TPSA) is 60.7 Å². The molecule has 0 aliphatic rings. The third kappa shape index (κ3) is 5.06. The van der Waals surface area contributed by atoms with Crippen molar-refractivity contribution in [2.75, 3.05) is 0 Å². The molecule has 0 aliphatic carbocycles. The summed E-state index contributed by atoms with van der Waals surface area (Å²) in [6.45, 7) is 6.49. The zero-order valence-corrected chi connectivity index (χ0v) is 13.9. The van der Waals surface area contributed by atoms with Crippen molar-refractivity contribution in [1.82, 2.24) is 0 Å². The van der Waals surface area contributed by atoms with Crippen LogP contribution in [0.3, 0.4) is 0 Å². The molecule has 0 atom stereocenters. The van der Waals surface area contributed by atoms with Crippen molar-refractivity contribution in [3.63, 3.8) is 0 Å². The molecule has 0 aliphatic heterocycles. The molecule has 3 N–H and O–H groups in total. The minimum absolute atomic E-state index is 0.0485. The molecule has 0 spiro atoms. The van der Waals surface area contributed by atoms with Gasteiger partial charge in [-0.2, -0.15) is 0 Å². The predicted octanol–water partition coefficient (Wildman–Crippen LogP) is 4.95. The Morgan fingerprint density at radius 2 is 1.52 bits per heavy atom. The Hall–Kier alpha value is -2.42. The zero-order valence-electron chi connectivity index (χ0n) is 13.9. The highest BCUT2D eigenvalue weighted by atomic mass is 16.3. The Bertz CT molecular complexity index is 692. The number of hydrogen-bond donors (Lipinski definition) is 3. The summed E-state index contributed by atoms with van der Waals surface area (Å²) >= 11 is 0. The van der Waals surface area contributed by atoms with E-state index in [1.807, 2.05) is 24.3 Å². The maximum atomic E-state index is 10.2. The lowest BCUT2D eigenvalue weighted by Gasteiger charge is -2.19. The van der Waals surface area contributed by atoms with Gasteiger partial charge in [0.05, 0.1) is 0 Å². The van der Waals surface area contributed by atoms with Crippen LogP contribution in [0.1, 0.15) is 43.9 Å². The Balaban J connectivity index is 2.30. The zero-order chi connectivity index (χ0) is 17.0. The van der Waals surface area contributed by atoms with Crippen molar-refractivity contribution in [1.29, 1.82) is 0 Å². The Kier molecular flexibility index (Phi) is 4.99. The maximum Gasteiger partial charge on any atom is 0.123 e. The van der Waals surface area contributed by atoms with E-state index in [1.54, 1.807) is 18.2 Å². The van der Waals surface area contributed by atoms with Crippen LogP contribution in [0, 0.1) is 5.41 Å². The smallest absolute Gasteiger partial charge is 0.123 e. The number of benzene rings is 2. The molecule has 23 heavy (non-hydrogen) atoms. The maximum absolute atomic E-state index is 10.2. The van der Waals surface area contributed by atoms with E-state index in [1.165, 1.54) is 6.07 Å². The molecule has 0 saturated heterocycles. The standard InChI is InChI=1S/C20H24O3/c1-20(2,3)11-10-18-15(12-17(22)13-19(18)23)7-4-14-5-8-16(21)9-6-14/h4-9,12-13,21-23H,10-11H2,1-3H3/b7-4+. The van der Waals surface area contributed by atoms with E-state index in [0.717, 1.165) is 29.5 Å². The van der Waals surface area contributed by atoms with Crippen molar-refractivity contribution in [3.8, 4) is 17.2 Å². The van der Waals surface area contributed by atoms with E-state index in [9.17, 15) is 15.3 Å². The van der Waals surface area contributed by atoms with Crippen molar-refractivity contribution in [2.24, 2.45) is 5.41 Å². The number of aromatic hydroxyl groups is 3. The summed E-state index contributed by atoms with van der Waals surface area (Å²) in [5.41, 5.74) is 2.75. The monoisotopic (exact) mass is 312 g/mol. The van der Waals surface area contributed by atoms with Gasteiger partial charge in [0.1, 0.15) is 17.2 Å². The van der Waals surface area contributed by atoms with Gasteiger partial charge in [-0.1, -0.05) is 45.1 Å². The summed E-state index contributed by atoms with van der Waals surface area (Å²) in [4.78, 5) is 0. The Labute approximate surface area is 137 Å². The summed E-state index contributed by atoms with van der Waals surface area (Å²) in [6, 6.07) is 9.91. The van der Waals surface area contributed by atoms with Crippen LogP contribution in [0.15, 0.2) is 36.4 Å². The molecule has 122 valence electrons. The summed E-state index contributed by atoms with van der Waals surface area (Å²) < 4.78 is 0. The van der Waals surface area contributed by atoms with Crippen LogP contribution >= 0.6 is 0 Å². The molecule has 0 radical (unpaired) electrons. The van der Waals surface area contributed by atoms with Gasteiger partial charge in [-0.3, -0.25) is 0 Å². The summed E-state index contributed by atoms with van der Waals surface area (Å²) in [5.74, 6) is 0.398. The lowest BCUT2D eigenvalue weighted by Crippen LogP contribution is -2.07. The highest BCUT2D eigenvalue weighted by Gasteiger charge is 2.14. The molecular formula is C20H24O3. The molecule has 0 aromatic heterocycles. The molecule has 2 aromatic carbocycles. The van der Waals surface area contributed by atoms with E-state index in [4.69, 9.17) is 0 Å². The molecule has 3 heteroatoms. The third-order valence-corrected chi connectivity index (χ3v) is 3.72. The van der Waals surface area contributed by atoms with Gasteiger partial charge < -0.3 is 15.3 Å². The highest BCUT2D eigenvalue weighted by Crippen LogP contribution is 2.32. The molecule has 2 aromatic rings. The van der Waals surface area contributed by atoms with Gasteiger partial charge >= 0.3 is 0 Å². The van der Waals surface area contributed by atoms with Gasteiger partial charge in [-0.05, 0) is 47.6 Å². The first-order chi connectivity index (χ1) is 10.7. The second-order valence-electron chi connectivity index (χ2n) is 7.02. The fourth-order valence-corrected chi connectivity index (χ4v) is 2.36. The highest BCUT2D eigenvalue weighted by molar-refractivity contribution is 5.73. The number of phenolic OH excluding ortho intramolecular Hbond substituents is 3. The Morgan fingerprint density at radius 1 is 0.870 bits per heavy atom. The molecule has 3 nitrogen and oxygen atoms in total. The molecule has 0 heterocycles. The number of rotatable bonds is 4. The molecule has 0 unspecified atom stereocenters. The van der Waals surface area contributed by atoms with Crippen molar-refractivity contribution < 1.29 is 15.3 Å². The lowest BCUT2D eigenvalue weighted by atomic mass is 9.87. The molecular weight excluding hydrogens is 288 g/mol. The molecule has 0 amide bonds. The van der Waals surface area contributed by atoms with E-state index in [-0.39, 0.29) is 22.7 Å². The second kappa shape index (κ2) is 6.78. The predicted molar refractivity (Wildman–Crippen MR) is 94.6 cm³/mol. The van der Waals surface area contributed by atoms with Crippen LogP contribution in [0.2, 0.25) is 0 Å². The molecule has 0 fully saturated rings. The minimum atomic E-state index is 0.0485. The summed E-state index contributed by atoms with van der Waals surface area (Å²) in [7, 11) is 0. The molecule has 2 rings (SSSR count). The largest absolute Gasteiger partial charge is 0.508 e. The third-order valence-electron chi connectivity index (χ3n) is 3.72. The summed E-state index contributed by atoms with van der Waals surface area (Å²) in [6.07, 6.45) is 5.45. The molecule has 0 bridgehead atoms. The summed E-state index contributed by atoms with van der Waals surface area (Å²) in [5, 5.41) is 29.2. The van der Waals surface area contributed by atoms with Crippen LogP contribution in [0.5, 0.6) is 17.2 Å². The van der Waals surface area contributed by atoms with E-state index in [0.29, 0.717) is 0 Å². The van der Waals surface area contributed by atoms with Gasteiger partial charge in [0.2, 0.25) is 0 Å². The van der Waals surface area contributed by atoms with Crippen LogP contribution in [0.25, 0.3) is 12.2 Å². The van der Waals surface area contributed by atoms with Gasteiger partial charge in [-0.15, -0.1) is 0 Å². The van der Waals surface area contributed by atoms with Crippen LogP contribution < -0.4 is 0 Å². The van der Waals surface area contributed by atoms with E-state index in [2.05, 4.69) is 20.8 Å². The SMILES string of the molecule is CC(C)(C)CCc1c(O)cc(O)cc1/C=C/c1ccc(O)cc1. The minimum Gasteiger partial charge on any atom is -0.508 e. The fourth-order valence-electron chi connectivity index (χ4n) is 2.36. The number of hydrogen-bond acceptors (Lipinski definition) is 3. The first-order valence-electron chi connectivity index (χ1n) is 7.76. The van der Waals surface area contributed by atoms with Crippen LogP contribution in [0.4, 0.5) is 0 Å². The first kappa shape index (κ1) is 16.9. The average Bonchev–Trinajstić information content (AvgIpc) is 2.44.